The summed E-state index contributed by atoms with van der Waals surface area (Å²) >= 11 is 1.65. The maximum atomic E-state index is 12.0. The second-order valence-electron chi connectivity index (χ2n) is 5.97. The van der Waals surface area contributed by atoms with E-state index in [9.17, 15) is 4.79 Å². The molecule has 1 N–H and O–H groups in total. The lowest BCUT2D eigenvalue weighted by Gasteiger charge is -2.37. The van der Waals surface area contributed by atoms with Crippen LogP contribution < -0.4 is 5.32 Å². The van der Waals surface area contributed by atoms with E-state index in [1.54, 1.807) is 11.3 Å². The van der Waals surface area contributed by atoms with Crippen molar-refractivity contribution in [2.75, 3.05) is 19.6 Å². The number of piperidine rings is 1. The third kappa shape index (κ3) is 4.60. The molecule has 4 heteroatoms. The Morgan fingerprint density at radius 3 is 2.70 bits per heavy atom. The highest BCUT2D eigenvalue weighted by molar-refractivity contribution is 7.10. The van der Waals surface area contributed by atoms with Gasteiger partial charge in [-0.3, -0.25) is 9.69 Å². The number of likely N-dealkylation sites (tertiary alicyclic amines) is 1. The van der Waals surface area contributed by atoms with Crippen molar-refractivity contribution in [1.82, 2.24) is 10.2 Å². The molecular formula is C16H26N2OS. The van der Waals surface area contributed by atoms with E-state index in [-0.39, 0.29) is 5.91 Å². The van der Waals surface area contributed by atoms with Crippen molar-refractivity contribution >= 4 is 17.2 Å². The van der Waals surface area contributed by atoms with Gasteiger partial charge in [0.2, 0.25) is 5.91 Å². The zero-order valence-corrected chi connectivity index (χ0v) is 13.4. The van der Waals surface area contributed by atoms with E-state index in [1.165, 1.54) is 32.4 Å². The molecule has 3 nitrogen and oxygen atoms in total. The van der Waals surface area contributed by atoms with Crippen molar-refractivity contribution < 1.29 is 4.79 Å². The van der Waals surface area contributed by atoms with Crippen LogP contribution in [0.15, 0.2) is 17.5 Å². The molecule has 1 atom stereocenters. The van der Waals surface area contributed by atoms with Gasteiger partial charge in [-0.25, -0.2) is 0 Å². The van der Waals surface area contributed by atoms with E-state index in [2.05, 4.69) is 24.1 Å². The van der Waals surface area contributed by atoms with Crippen LogP contribution in [0.4, 0.5) is 0 Å². The number of rotatable bonds is 6. The van der Waals surface area contributed by atoms with Gasteiger partial charge in [0.25, 0.3) is 0 Å². The first kappa shape index (κ1) is 15.5. The number of carbonyl (C=O) groups is 1. The molecule has 2 rings (SSSR count). The van der Waals surface area contributed by atoms with E-state index < -0.39 is 0 Å². The topological polar surface area (TPSA) is 32.3 Å². The van der Waals surface area contributed by atoms with E-state index in [0.29, 0.717) is 18.4 Å². The van der Waals surface area contributed by atoms with Crippen LogP contribution >= 0.6 is 11.3 Å². The molecule has 1 aliphatic rings. The molecule has 1 amide bonds. The summed E-state index contributed by atoms with van der Waals surface area (Å²) in [5.74, 6) is 0.727. The van der Waals surface area contributed by atoms with Gasteiger partial charge in [0.1, 0.15) is 0 Å². The second kappa shape index (κ2) is 7.79. The smallest absolute Gasteiger partial charge is 0.225 e. The zero-order valence-electron chi connectivity index (χ0n) is 12.6. The summed E-state index contributed by atoms with van der Waals surface area (Å²) in [4.78, 5) is 15.7. The van der Waals surface area contributed by atoms with Crippen LogP contribution in [0, 0.1) is 5.92 Å². The Morgan fingerprint density at radius 2 is 2.10 bits per heavy atom. The highest BCUT2D eigenvalue weighted by Crippen LogP contribution is 2.17. The van der Waals surface area contributed by atoms with E-state index in [0.717, 1.165) is 11.4 Å². The van der Waals surface area contributed by atoms with Crippen LogP contribution in [-0.2, 0) is 11.2 Å². The molecule has 0 aliphatic carbocycles. The highest BCUT2D eigenvalue weighted by Gasteiger charge is 2.23. The fourth-order valence-corrected chi connectivity index (χ4v) is 3.59. The lowest BCUT2D eigenvalue weighted by molar-refractivity contribution is -0.120. The summed E-state index contributed by atoms with van der Waals surface area (Å²) in [7, 11) is 0. The Morgan fingerprint density at radius 1 is 1.35 bits per heavy atom. The number of nitrogens with zero attached hydrogens (tertiary/aromatic N) is 1. The summed E-state index contributed by atoms with van der Waals surface area (Å²) in [5, 5.41) is 5.15. The molecule has 0 aromatic carbocycles. The van der Waals surface area contributed by atoms with Gasteiger partial charge in [-0.15, -0.1) is 11.3 Å². The minimum absolute atomic E-state index is 0.148. The van der Waals surface area contributed by atoms with Crippen LogP contribution in [0.5, 0.6) is 0 Å². The van der Waals surface area contributed by atoms with E-state index >= 15 is 0 Å². The van der Waals surface area contributed by atoms with E-state index in [4.69, 9.17) is 0 Å². The normalized spacial score (nSPS) is 18.1. The molecule has 0 bridgehead atoms. The van der Waals surface area contributed by atoms with Crippen LogP contribution in [0.1, 0.15) is 38.0 Å². The third-order valence-electron chi connectivity index (χ3n) is 4.05. The summed E-state index contributed by atoms with van der Waals surface area (Å²) in [6.45, 7) is 7.66. The Hall–Kier alpha value is -0.870. The largest absolute Gasteiger partial charge is 0.354 e. The predicted octanol–water partition coefficient (Wildman–Crippen LogP) is 2.92. The highest BCUT2D eigenvalue weighted by atomic mass is 32.1. The minimum atomic E-state index is 0.148. The number of hydrogen-bond donors (Lipinski definition) is 1. The Labute approximate surface area is 126 Å². The summed E-state index contributed by atoms with van der Waals surface area (Å²) in [6.07, 6.45) is 4.47. The van der Waals surface area contributed by atoms with E-state index in [1.807, 2.05) is 17.5 Å². The number of thiophene rings is 1. The predicted molar refractivity (Wildman–Crippen MR) is 85.1 cm³/mol. The van der Waals surface area contributed by atoms with Crippen LogP contribution in [0.2, 0.25) is 0 Å². The van der Waals surface area contributed by atoms with Crippen molar-refractivity contribution in [3.05, 3.63) is 22.4 Å². The van der Waals surface area contributed by atoms with Crippen LogP contribution in [0.25, 0.3) is 0 Å². The van der Waals surface area contributed by atoms with Crippen molar-refractivity contribution in [3.8, 4) is 0 Å². The summed E-state index contributed by atoms with van der Waals surface area (Å²) < 4.78 is 0. The van der Waals surface area contributed by atoms with Crippen LogP contribution in [-0.4, -0.2) is 36.5 Å². The van der Waals surface area contributed by atoms with Gasteiger partial charge in [-0.1, -0.05) is 26.3 Å². The lowest BCUT2D eigenvalue weighted by atomic mass is 9.99. The van der Waals surface area contributed by atoms with Gasteiger partial charge < -0.3 is 5.32 Å². The average Bonchev–Trinajstić information content (AvgIpc) is 2.92. The molecule has 1 aromatic rings. The SMILES string of the molecule is CC(C)C(CNC(=O)Cc1cccs1)N1CCCCC1. The van der Waals surface area contributed by atoms with Gasteiger partial charge in [0.05, 0.1) is 6.42 Å². The molecule has 2 heterocycles. The molecule has 0 radical (unpaired) electrons. The zero-order chi connectivity index (χ0) is 14.4. The molecule has 0 saturated carbocycles. The number of nitrogens with one attached hydrogen (secondary N) is 1. The first-order valence-corrected chi connectivity index (χ1v) is 8.58. The Kier molecular flexibility index (Phi) is 6.05. The Balaban J connectivity index is 1.80. The molecule has 112 valence electrons. The van der Waals surface area contributed by atoms with Crippen LogP contribution in [0.3, 0.4) is 0 Å². The summed E-state index contributed by atoms with van der Waals surface area (Å²) in [6, 6.07) is 4.50. The quantitative estimate of drug-likeness (QED) is 0.875. The molecule has 0 spiro atoms. The molecular weight excluding hydrogens is 268 g/mol. The minimum Gasteiger partial charge on any atom is -0.354 e. The average molecular weight is 294 g/mol. The molecule has 1 aliphatic heterocycles. The molecule has 1 saturated heterocycles. The van der Waals surface area contributed by atoms with Gasteiger partial charge in [-0.05, 0) is 43.3 Å². The standard InChI is InChI=1S/C16H26N2OS/c1-13(2)15(18-8-4-3-5-9-18)12-17-16(19)11-14-7-6-10-20-14/h6-7,10,13,15H,3-5,8-9,11-12H2,1-2H3,(H,17,19). The van der Waals surface area contributed by atoms with Gasteiger partial charge in [0.15, 0.2) is 0 Å². The third-order valence-corrected chi connectivity index (χ3v) is 4.93. The molecule has 1 aromatic heterocycles. The fraction of sp³-hybridized carbons (Fsp3) is 0.688. The van der Waals surface area contributed by atoms with Gasteiger partial charge >= 0.3 is 0 Å². The van der Waals surface area contributed by atoms with Gasteiger partial charge in [0, 0.05) is 17.5 Å². The number of hydrogen-bond acceptors (Lipinski definition) is 3. The lowest BCUT2D eigenvalue weighted by Crippen LogP contribution is -2.49. The number of carbonyl (C=O) groups excluding carboxylic acids is 1. The molecule has 20 heavy (non-hydrogen) atoms. The number of amides is 1. The molecule has 1 fully saturated rings. The van der Waals surface area contributed by atoms with Crippen molar-refractivity contribution in [2.45, 2.75) is 45.6 Å². The second-order valence-corrected chi connectivity index (χ2v) is 7.00. The fourth-order valence-electron chi connectivity index (χ4n) is 2.89. The van der Waals surface area contributed by atoms with Crippen molar-refractivity contribution in [1.29, 1.82) is 0 Å². The monoisotopic (exact) mass is 294 g/mol. The maximum absolute atomic E-state index is 12.0. The Bertz CT molecular complexity index is 397. The maximum Gasteiger partial charge on any atom is 0.225 e. The van der Waals surface area contributed by atoms with Crippen molar-refractivity contribution in [3.63, 3.8) is 0 Å². The molecule has 1 unspecified atom stereocenters. The van der Waals surface area contributed by atoms with Crippen molar-refractivity contribution in [2.24, 2.45) is 5.92 Å². The van der Waals surface area contributed by atoms with Gasteiger partial charge in [-0.2, -0.15) is 0 Å². The first-order chi connectivity index (χ1) is 9.66. The summed E-state index contributed by atoms with van der Waals surface area (Å²) in [5.41, 5.74) is 0. The first-order valence-electron chi connectivity index (χ1n) is 7.70.